The van der Waals surface area contributed by atoms with Crippen molar-refractivity contribution >= 4 is 0 Å². The zero-order valence-corrected chi connectivity index (χ0v) is 35.8. The summed E-state index contributed by atoms with van der Waals surface area (Å²) in [6.07, 6.45) is 0. The van der Waals surface area contributed by atoms with Crippen LogP contribution in [0.15, 0.2) is 121 Å². The number of rotatable bonds is 16. The Balaban J connectivity index is 0.983. The second kappa shape index (κ2) is 21.4. The molecule has 0 aliphatic carbocycles. The zero-order valence-electron chi connectivity index (χ0n) is 35.8. The Kier molecular flexibility index (Phi) is 14.1. The molecule has 20 heteroatoms. The molecule has 4 aromatic carbocycles. The number of hydrogen-bond acceptors (Lipinski definition) is 16. The third-order valence-electron chi connectivity index (χ3n) is 11.5. The van der Waals surface area contributed by atoms with Gasteiger partial charge < -0.3 is 0 Å². The van der Waals surface area contributed by atoms with Crippen LogP contribution in [0.2, 0.25) is 0 Å². The van der Waals surface area contributed by atoms with Crippen LogP contribution in [0.25, 0.3) is 0 Å². The first-order chi connectivity index (χ1) is 31.7. The summed E-state index contributed by atoms with van der Waals surface area (Å²) in [5.74, 6) is 3.25. The van der Waals surface area contributed by atoms with Crippen molar-refractivity contribution in [3.05, 3.63) is 167 Å². The quantitative estimate of drug-likeness (QED) is 0.137. The van der Waals surface area contributed by atoms with Gasteiger partial charge in [-0.15, -0.1) is 20.4 Å². The van der Waals surface area contributed by atoms with Gasteiger partial charge in [-0.05, 0) is 64.0 Å². The van der Waals surface area contributed by atoms with Crippen LogP contribution in [0.1, 0.15) is 45.6 Å². The van der Waals surface area contributed by atoms with Gasteiger partial charge in [0, 0.05) is 52.4 Å². The Bertz CT molecular complexity index is 2200. The first-order valence-electron chi connectivity index (χ1n) is 21.7. The Morgan fingerprint density at radius 1 is 0.266 bits per heavy atom. The van der Waals surface area contributed by atoms with Crippen molar-refractivity contribution < 1.29 is 0 Å². The van der Waals surface area contributed by atoms with E-state index in [1.54, 1.807) is 0 Å². The van der Waals surface area contributed by atoms with Gasteiger partial charge in [0.1, 0.15) is 0 Å². The Morgan fingerprint density at radius 2 is 0.469 bits per heavy atom. The van der Waals surface area contributed by atoms with Crippen LogP contribution < -0.4 is 0 Å². The fourth-order valence-electron chi connectivity index (χ4n) is 7.87. The predicted octanol–water partition coefficient (Wildman–Crippen LogP) is 2.15. The van der Waals surface area contributed by atoms with Gasteiger partial charge in [0.05, 0.1) is 52.4 Å². The molecule has 64 heavy (non-hydrogen) atoms. The minimum Gasteiger partial charge on any atom is -0.293 e. The number of aromatic nitrogens is 16. The van der Waals surface area contributed by atoms with E-state index in [1.165, 1.54) is 0 Å². The SMILES string of the molecule is c1ccc(Cn2nnnc2CN2CCN(Cc3nnnn3Cc3ccccc3)CCN(Cc3nnnn3Cc3ccccc3)CCN(Cc3nnnn3Cc3ccccc3)CC2)cc1. The van der Waals surface area contributed by atoms with Gasteiger partial charge in [0.2, 0.25) is 0 Å². The van der Waals surface area contributed by atoms with Gasteiger partial charge >= 0.3 is 0 Å². The summed E-state index contributed by atoms with van der Waals surface area (Å²) in [4.78, 5) is 9.79. The lowest BCUT2D eigenvalue weighted by Crippen LogP contribution is -2.46. The van der Waals surface area contributed by atoms with E-state index in [0.717, 1.165) is 97.9 Å². The lowest BCUT2D eigenvalue weighted by atomic mass is 10.2. The van der Waals surface area contributed by atoms with Gasteiger partial charge in [-0.2, -0.15) is 0 Å². The average Bonchev–Trinajstić information content (AvgIpc) is 4.16. The molecule has 0 N–H and O–H groups in total. The molecule has 1 fully saturated rings. The molecule has 0 radical (unpaired) electrons. The molecule has 4 aromatic heterocycles. The molecule has 0 spiro atoms. The van der Waals surface area contributed by atoms with Gasteiger partial charge in [-0.25, -0.2) is 18.7 Å². The third-order valence-corrected chi connectivity index (χ3v) is 11.5. The smallest absolute Gasteiger partial charge is 0.165 e. The van der Waals surface area contributed by atoms with Crippen LogP contribution >= 0.6 is 0 Å². The van der Waals surface area contributed by atoms with Crippen LogP contribution in [0, 0.1) is 0 Å². The molecule has 0 saturated carbocycles. The van der Waals surface area contributed by atoms with E-state index < -0.39 is 0 Å². The molecule has 328 valence electrons. The maximum atomic E-state index is 4.53. The summed E-state index contributed by atoms with van der Waals surface area (Å²) < 4.78 is 7.61. The third kappa shape index (κ3) is 11.7. The lowest BCUT2D eigenvalue weighted by Gasteiger charge is -2.33. The monoisotopic (exact) mass is 860 g/mol. The van der Waals surface area contributed by atoms with Crippen molar-refractivity contribution in [3.8, 4) is 0 Å². The maximum absolute atomic E-state index is 4.53. The molecule has 5 heterocycles. The summed E-state index contributed by atoms with van der Waals surface area (Å²) in [6, 6.07) is 41.2. The normalized spacial score (nSPS) is 15.2. The average molecular weight is 861 g/mol. The van der Waals surface area contributed by atoms with Crippen LogP contribution in [0.5, 0.6) is 0 Å². The molecule has 9 rings (SSSR count). The first-order valence-corrected chi connectivity index (χ1v) is 21.7. The van der Waals surface area contributed by atoms with Gasteiger partial charge in [-0.1, -0.05) is 121 Å². The zero-order chi connectivity index (χ0) is 43.2. The predicted molar refractivity (Wildman–Crippen MR) is 235 cm³/mol. The minimum atomic E-state index is 0.579. The van der Waals surface area contributed by atoms with Crippen LogP contribution in [0.3, 0.4) is 0 Å². The molecule has 0 amide bonds. The van der Waals surface area contributed by atoms with Crippen molar-refractivity contribution in [2.75, 3.05) is 52.4 Å². The summed E-state index contributed by atoms with van der Waals surface area (Å²) in [6.45, 7) is 10.7. The molecule has 8 aromatic rings. The molecule has 0 unspecified atom stereocenters. The second-order valence-corrected chi connectivity index (χ2v) is 16.1. The molecular formula is C44H52N20. The summed E-state index contributed by atoms with van der Waals surface area (Å²) in [5.41, 5.74) is 4.56. The summed E-state index contributed by atoms with van der Waals surface area (Å²) in [5, 5.41) is 52.2. The van der Waals surface area contributed by atoms with Crippen LogP contribution in [0.4, 0.5) is 0 Å². The Morgan fingerprint density at radius 3 is 0.672 bits per heavy atom. The number of hydrogen-bond donors (Lipinski definition) is 0. The molecule has 0 atom stereocenters. The van der Waals surface area contributed by atoms with Crippen LogP contribution in [-0.4, -0.2) is 153 Å². The highest BCUT2D eigenvalue weighted by Crippen LogP contribution is 2.14. The fraction of sp³-hybridized carbons (Fsp3) is 0.364. The largest absolute Gasteiger partial charge is 0.293 e. The van der Waals surface area contributed by atoms with Crippen molar-refractivity contribution in [2.45, 2.75) is 52.4 Å². The first kappa shape index (κ1) is 42.3. The molecule has 1 aliphatic rings. The topological polar surface area (TPSA) is 187 Å². The van der Waals surface area contributed by atoms with Crippen molar-refractivity contribution in [1.29, 1.82) is 0 Å². The van der Waals surface area contributed by atoms with E-state index >= 15 is 0 Å². The van der Waals surface area contributed by atoms with Gasteiger partial charge in [0.25, 0.3) is 0 Å². The van der Waals surface area contributed by atoms with Crippen molar-refractivity contribution in [3.63, 3.8) is 0 Å². The van der Waals surface area contributed by atoms with E-state index in [-0.39, 0.29) is 0 Å². The van der Waals surface area contributed by atoms with Gasteiger partial charge in [-0.3, -0.25) is 19.6 Å². The Labute approximate surface area is 371 Å². The van der Waals surface area contributed by atoms with E-state index in [1.807, 2.05) is 91.5 Å². The minimum absolute atomic E-state index is 0.579. The summed E-state index contributed by atoms with van der Waals surface area (Å²) in [7, 11) is 0. The number of tetrazole rings is 4. The number of nitrogens with zero attached hydrogens (tertiary/aromatic N) is 20. The highest BCUT2D eigenvalue weighted by Gasteiger charge is 2.23. The molecule has 1 saturated heterocycles. The molecular weight excluding hydrogens is 809 g/mol. The highest BCUT2D eigenvalue weighted by molar-refractivity contribution is 5.17. The second-order valence-electron chi connectivity index (χ2n) is 16.1. The Hall–Kier alpha value is -7.00. The van der Waals surface area contributed by atoms with Crippen molar-refractivity contribution in [2.24, 2.45) is 0 Å². The highest BCUT2D eigenvalue weighted by atomic mass is 15.6. The van der Waals surface area contributed by atoms with Gasteiger partial charge in [0.15, 0.2) is 23.3 Å². The van der Waals surface area contributed by atoms with Crippen LogP contribution in [-0.2, 0) is 52.4 Å². The number of benzene rings is 4. The molecule has 1 aliphatic heterocycles. The van der Waals surface area contributed by atoms with Crippen molar-refractivity contribution in [1.82, 2.24) is 100 Å². The van der Waals surface area contributed by atoms with E-state index in [2.05, 4.69) is 130 Å². The maximum Gasteiger partial charge on any atom is 0.165 e. The molecule has 0 bridgehead atoms. The standard InChI is InChI=1S/C44H52N20/c1-5-13-37(14-6-1)29-61-41(45-49-53-61)33-57-21-23-58(34-42-46-50-54-62(42)30-38-15-7-2-8-16-38)25-27-60(36-44-48-52-56-64(44)32-40-19-11-4-12-20-40)28-26-59(24-22-57)35-43-47-51-55-63(43)31-39-17-9-3-10-18-39/h1-20H,21-36H2. The molecule has 20 nitrogen and oxygen atoms in total. The van der Waals surface area contributed by atoms with E-state index in [4.69, 9.17) is 0 Å². The lowest BCUT2D eigenvalue weighted by molar-refractivity contribution is 0.115. The fourth-order valence-corrected chi connectivity index (χ4v) is 7.87. The van der Waals surface area contributed by atoms with E-state index in [9.17, 15) is 0 Å². The summed E-state index contributed by atoms with van der Waals surface area (Å²) >= 11 is 0. The van der Waals surface area contributed by atoms with E-state index in [0.29, 0.717) is 52.4 Å².